The van der Waals surface area contributed by atoms with Crippen LogP contribution in [0.25, 0.3) is 0 Å². The molecule has 3 N–H and O–H groups in total. The Labute approximate surface area is 77.5 Å². The smallest absolute Gasteiger partial charge is 0.222 e. The number of rotatable bonds is 5. The van der Waals surface area contributed by atoms with Gasteiger partial charge in [-0.1, -0.05) is 0 Å². The minimum absolute atomic E-state index is 0.0775. The first-order chi connectivity index (χ1) is 6.06. The summed E-state index contributed by atoms with van der Waals surface area (Å²) in [7, 11) is 0. The van der Waals surface area contributed by atoms with Crippen LogP contribution in [0.5, 0.6) is 0 Å². The van der Waals surface area contributed by atoms with E-state index in [-0.39, 0.29) is 30.9 Å². The zero-order chi connectivity index (χ0) is 10.3. The van der Waals surface area contributed by atoms with Gasteiger partial charge in [-0.3, -0.25) is 9.59 Å². The summed E-state index contributed by atoms with van der Waals surface area (Å²) in [5.74, 6) is -0.321. The number of aliphatic hydroxyl groups excluding tert-OH is 1. The van der Waals surface area contributed by atoms with Crippen LogP contribution in [0, 0.1) is 0 Å². The summed E-state index contributed by atoms with van der Waals surface area (Å²) in [4.78, 5) is 21.4. The number of carbonyl (C=O) groups is 2. The number of nitrogens with one attached hydrogen (secondary N) is 2. The normalized spacial score (nSPS) is 11.9. The molecule has 5 nitrogen and oxygen atoms in total. The Morgan fingerprint density at radius 1 is 1.46 bits per heavy atom. The van der Waals surface area contributed by atoms with E-state index in [0.29, 0.717) is 6.54 Å². The molecule has 0 aromatic carbocycles. The van der Waals surface area contributed by atoms with Crippen LogP contribution >= 0.6 is 0 Å². The van der Waals surface area contributed by atoms with Crippen molar-refractivity contribution in [1.82, 2.24) is 10.6 Å². The summed E-state index contributed by atoms with van der Waals surface area (Å²) < 4.78 is 0. The van der Waals surface area contributed by atoms with E-state index in [9.17, 15) is 9.59 Å². The van der Waals surface area contributed by atoms with E-state index in [1.807, 2.05) is 0 Å². The van der Waals surface area contributed by atoms with Crippen molar-refractivity contribution in [2.45, 2.75) is 26.3 Å². The molecule has 0 aliphatic carbocycles. The highest BCUT2D eigenvalue weighted by Gasteiger charge is 2.05. The van der Waals surface area contributed by atoms with Crippen LogP contribution < -0.4 is 10.6 Å². The third-order valence-corrected chi connectivity index (χ3v) is 1.41. The molecule has 0 bridgehead atoms. The summed E-state index contributed by atoms with van der Waals surface area (Å²) in [6.07, 6.45) is 0.240. The van der Waals surface area contributed by atoms with E-state index in [0.717, 1.165) is 0 Å². The van der Waals surface area contributed by atoms with Crippen molar-refractivity contribution in [3.05, 3.63) is 0 Å². The van der Waals surface area contributed by atoms with Gasteiger partial charge in [0.25, 0.3) is 0 Å². The molecule has 76 valence electrons. The van der Waals surface area contributed by atoms with Crippen LogP contribution in [0.4, 0.5) is 0 Å². The van der Waals surface area contributed by atoms with Crippen molar-refractivity contribution in [3.63, 3.8) is 0 Å². The molecule has 0 aliphatic rings. The fraction of sp³-hybridized carbons (Fsp3) is 0.750. The first kappa shape index (κ1) is 11.9. The van der Waals surface area contributed by atoms with Crippen LogP contribution in [-0.2, 0) is 9.59 Å². The Kier molecular flexibility index (Phi) is 5.88. The van der Waals surface area contributed by atoms with E-state index in [1.165, 1.54) is 6.92 Å². The van der Waals surface area contributed by atoms with Gasteiger partial charge in [0.2, 0.25) is 11.8 Å². The molecule has 0 heterocycles. The van der Waals surface area contributed by atoms with Gasteiger partial charge < -0.3 is 15.7 Å². The molecular formula is C8H16N2O3. The van der Waals surface area contributed by atoms with Crippen molar-refractivity contribution < 1.29 is 14.7 Å². The average Bonchev–Trinajstić information content (AvgIpc) is 2.03. The van der Waals surface area contributed by atoms with Crippen molar-refractivity contribution in [2.24, 2.45) is 0 Å². The van der Waals surface area contributed by atoms with Crippen molar-refractivity contribution in [2.75, 3.05) is 13.2 Å². The van der Waals surface area contributed by atoms with Crippen molar-refractivity contribution >= 4 is 11.8 Å². The highest BCUT2D eigenvalue weighted by atomic mass is 16.3. The first-order valence-electron chi connectivity index (χ1n) is 4.21. The summed E-state index contributed by atoms with van der Waals surface area (Å²) >= 11 is 0. The summed E-state index contributed by atoms with van der Waals surface area (Å²) in [5, 5.41) is 13.7. The minimum Gasteiger partial charge on any atom is -0.394 e. The van der Waals surface area contributed by atoms with E-state index < -0.39 is 0 Å². The van der Waals surface area contributed by atoms with Gasteiger partial charge in [0.15, 0.2) is 0 Å². The predicted octanol–water partition coefficient (Wildman–Crippen LogP) is -0.990. The molecule has 0 saturated carbocycles. The maximum Gasteiger partial charge on any atom is 0.222 e. The van der Waals surface area contributed by atoms with Crippen molar-refractivity contribution in [1.29, 1.82) is 0 Å². The van der Waals surface area contributed by atoms with Gasteiger partial charge in [0.05, 0.1) is 6.61 Å². The minimum atomic E-state index is -0.232. The quantitative estimate of drug-likeness (QED) is 0.518. The third kappa shape index (κ3) is 7.27. The lowest BCUT2D eigenvalue weighted by Gasteiger charge is -2.10. The van der Waals surface area contributed by atoms with Gasteiger partial charge >= 0.3 is 0 Å². The van der Waals surface area contributed by atoms with Crippen molar-refractivity contribution in [3.8, 4) is 0 Å². The number of hydrogen-bond donors (Lipinski definition) is 3. The molecule has 0 radical (unpaired) electrons. The fourth-order valence-electron chi connectivity index (χ4n) is 0.745. The Bertz CT molecular complexity index is 182. The molecule has 0 aromatic heterocycles. The molecule has 5 heteroatoms. The van der Waals surface area contributed by atoms with Gasteiger partial charge in [-0.15, -0.1) is 0 Å². The Morgan fingerprint density at radius 3 is 2.54 bits per heavy atom. The molecule has 0 aliphatic heterocycles. The maximum absolute atomic E-state index is 11.0. The predicted molar refractivity (Wildman–Crippen MR) is 48.0 cm³/mol. The van der Waals surface area contributed by atoms with Crippen LogP contribution in [0.15, 0.2) is 0 Å². The second kappa shape index (κ2) is 6.42. The molecule has 0 spiro atoms. The second-order valence-corrected chi connectivity index (χ2v) is 2.88. The van der Waals surface area contributed by atoms with E-state index in [2.05, 4.69) is 10.6 Å². The summed E-state index contributed by atoms with van der Waals surface area (Å²) in [5.41, 5.74) is 0. The fourth-order valence-corrected chi connectivity index (χ4v) is 0.745. The SMILES string of the molecule is CC(=O)NCCC(=O)N[C@@H](C)CO. The first-order valence-corrected chi connectivity index (χ1v) is 4.21. The Morgan fingerprint density at radius 2 is 2.08 bits per heavy atom. The maximum atomic E-state index is 11.0. The van der Waals surface area contributed by atoms with Gasteiger partial charge in [0, 0.05) is 25.9 Å². The Balaban J connectivity index is 3.46. The van der Waals surface area contributed by atoms with Gasteiger partial charge in [-0.05, 0) is 6.92 Å². The number of aliphatic hydroxyl groups is 1. The van der Waals surface area contributed by atoms with Gasteiger partial charge in [-0.2, -0.15) is 0 Å². The summed E-state index contributed by atoms with van der Waals surface area (Å²) in [6, 6.07) is -0.232. The van der Waals surface area contributed by atoms with Crippen LogP contribution in [0.3, 0.4) is 0 Å². The second-order valence-electron chi connectivity index (χ2n) is 2.88. The highest BCUT2D eigenvalue weighted by Crippen LogP contribution is 1.82. The molecule has 0 rings (SSSR count). The summed E-state index contributed by atoms with van der Waals surface area (Å²) in [6.45, 7) is 3.36. The topological polar surface area (TPSA) is 78.4 Å². The van der Waals surface area contributed by atoms with E-state index >= 15 is 0 Å². The monoisotopic (exact) mass is 188 g/mol. The molecular weight excluding hydrogens is 172 g/mol. The third-order valence-electron chi connectivity index (χ3n) is 1.41. The Hall–Kier alpha value is -1.10. The molecule has 2 amide bonds. The molecule has 0 saturated heterocycles. The highest BCUT2D eigenvalue weighted by molar-refractivity contribution is 5.78. The van der Waals surface area contributed by atoms with E-state index in [4.69, 9.17) is 5.11 Å². The number of carbonyl (C=O) groups excluding carboxylic acids is 2. The van der Waals surface area contributed by atoms with E-state index in [1.54, 1.807) is 6.92 Å². The van der Waals surface area contributed by atoms with Crippen LogP contribution in [0.2, 0.25) is 0 Å². The lowest BCUT2D eigenvalue weighted by molar-refractivity contribution is -0.122. The van der Waals surface area contributed by atoms with Gasteiger partial charge in [0.1, 0.15) is 0 Å². The molecule has 0 fully saturated rings. The number of hydrogen-bond acceptors (Lipinski definition) is 3. The molecule has 1 atom stereocenters. The standard InChI is InChI=1S/C8H16N2O3/c1-6(5-11)10-8(13)3-4-9-7(2)12/h6,11H,3-5H2,1-2H3,(H,9,12)(H,10,13)/t6-/m0/s1. The molecule has 13 heavy (non-hydrogen) atoms. The largest absolute Gasteiger partial charge is 0.394 e. The molecule has 0 unspecified atom stereocenters. The molecule has 0 aromatic rings. The zero-order valence-corrected chi connectivity index (χ0v) is 7.96. The van der Waals surface area contributed by atoms with Crippen LogP contribution in [-0.4, -0.2) is 36.1 Å². The van der Waals surface area contributed by atoms with Gasteiger partial charge in [-0.25, -0.2) is 0 Å². The lowest BCUT2D eigenvalue weighted by atomic mass is 10.3. The lowest BCUT2D eigenvalue weighted by Crippen LogP contribution is -2.37. The average molecular weight is 188 g/mol. The number of amides is 2. The zero-order valence-electron chi connectivity index (χ0n) is 7.96. The van der Waals surface area contributed by atoms with Crippen LogP contribution in [0.1, 0.15) is 20.3 Å².